The standard InChI is InChI=1S/C15H21N3/c1-11-5-6-14-13(9-11)15(10-12(2)17-14)16-7-8-18(3)4/h5-6,9-10H,7-8H2,1-4H3,(H,16,17)/p+2. The predicted octanol–water partition coefficient (Wildman–Crippen LogP) is 0.827. The molecular formula is C15H23N3+2. The van der Waals surface area contributed by atoms with Crippen LogP contribution in [0.25, 0.3) is 10.9 Å². The number of quaternary nitrogens is 1. The van der Waals surface area contributed by atoms with Crippen LogP contribution >= 0.6 is 0 Å². The van der Waals surface area contributed by atoms with E-state index in [4.69, 9.17) is 0 Å². The van der Waals surface area contributed by atoms with Gasteiger partial charge in [0.05, 0.1) is 38.3 Å². The summed E-state index contributed by atoms with van der Waals surface area (Å²) >= 11 is 0. The van der Waals surface area contributed by atoms with Gasteiger partial charge >= 0.3 is 0 Å². The van der Waals surface area contributed by atoms with Crippen molar-refractivity contribution < 1.29 is 9.88 Å². The number of pyridine rings is 1. The first-order valence-electron chi connectivity index (χ1n) is 6.52. The Morgan fingerprint density at radius 1 is 1.17 bits per heavy atom. The van der Waals surface area contributed by atoms with Crippen molar-refractivity contribution in [2.45, 2.75) is 13.8 Å². The van der Waals surface area contributed by atoms with Crippen LogP contribution < -0.4 is 15.2 Å². The van der Waals surface area contributed by atoms with Crippen molar-refractivity contribution in [3.8, 4) is 0 Å². The lowest BCUT2D eigenvalue weighted by atomic mass is 10.1. The summed E-state index contributed by atoms with van der Waals surface area (Å²) in [5.41, 5.74) is 4.90. The summed E-state index contributed by atoms with van der Waals surface area (Å²) < 4.78 is 0. The molecular weight excluding hydrogens is 222 g/mol. The van der Waals surface area contributed by atoms with E-state index in [0.717, 1.165) is 13.1 Å². The van der Waals surface area contributed by atoms with E-state index < -0.39 is 0 Å². The number of aromatic amines is 1. The van der Waals surface area contributed by atoms with E-state index in [1.165, 1.54) is 32.7 Å². The van der Waals surface area contributed by atoms with Crippen LogP contribution in [0.2, 0.25) is 0 Å². The van der Waals surface area contributed by atoms with Gasteiger partial charge in [0.25, 0.3) is 0 Å². The minimum absolute atomic E-state index is 0.995. The van der Waals surface area contributed by atoms with E-state index >= 15 is 0 Å². The number of fused-ring (bicyclic) bond motifs is 1. The topological polar surface area (TPSA) is 30.6 Å². The van der Waals surface area contributed by atoms with Crippen LogP contribution in [0.3, 0.4) is 0 Å². The first-order chi connectivity index (χ1) is 8.56. The van der Waals surface area contributed by atoms with Gasteiger partial charge in [0, 0.05) is 19.1 Å². The predicted molar refractivity (Wildman–Crippen MR) is 76.1 cm³/mol. The molecule has 1 aromatic carbocycles. The van der Waals surface area contributed by atoms with Gasteiger partial charge in [0.1, 0.15) is 0 Å². The fourth-order valence-corrected chi connectivity index (χ4v) is 2.13. The van der Waals surface area contributed by atoms with Gasteiger partial charge in [0.15, 0.2) is 5.69 Å². The van der Waals surface area contributed by atoms with Gasteiger partial charge < -0.3 is 10.2 Å². The number of hydrogen-bond donors (Lipinski definition) is 2. The molecule has 0 atom stereocenters. The maximum absolute atomic E-state index is 3.55. The van der Waals surface area contributed by atoms with Crippen LogP contribution in [0, 0.1) is 13.8 Å². The zero-order valence-corrected chi connectivity index (χ0v) is 11.7. The fraction of sp³-hybridized carbons (Fsp3) is 0.400. The molecule has 0 unspecified atom stereocenters. The lowest BCUT2D eigenvalue weighted by molar-refractivity contribution is -0.856. The molecule has 2 aromatic rings. The Morgan fingerprint density at radius 2 is 1.94 bits per heavy atom. The largest absolute Gasteiger partial charge is 0.379 e. The Kier molecular flexibility index (Phi) is 3.82. The number of aryl methyl sites for hydroxylation is 2. The molecule has 0 fully saturated rings. The van der Waals surface area contributed by atoms with Crippen LogP contribution in [0.15, 0.2) is 24.3 Å². The van der Waals surface area contributed by atoms with Crippen LogP contribution in [0.4, 0.5) is 5.69 Å². The number of aromatic nitrogens is 1. The SMILES string of the molecule is Cc1ccc2[nH+]c(C)cc(NCC[NH+](C)C)c2c1. The van der Waals surface area contributed by atoms with Gasteiger partial charge in [-0.15, -0.1) is 0 Å². The molecule has 1 aromatic heterocycles. The van der Waals surface area contributed by atoms with Crippen molar-refractivity contribution >= 4 is 16.6 Å². The third kappa shape index (κ3) is 2.99. The Bertz CT molecular complexity index is 547. The molecule has 96 valence electrons. The second-order valence-corrected chi connectivity index (χ2v) is 5.30. The molecule has 0 spiro atoms. The van der Waals surface area contributed by atoms with Gasteiger partial charge in [0.2, 0.25) is 5.52 Å². The summed E-state index contributed by atoms with van der Waals surface area (Å²) in [4.78, 5) is 4.87. The van der Waals surface area contributed by atoms with Gasteiger partial charge in [-0.25, -0.2) is 4.98 Å². The van der Waals surface area contributed by atoms with Gasteiger partial charge in [-0.2, -0.15) is 0 Å². The van der Waals surface area contributed by atoms with E-state index in [1.54, 1.807) is 0 Å². The minimum atomic E-state index is 0.995. The maximum Gasteiger partial charge on any atom is 0.213 e. The third-order valence-corrected chi connectivity index (χ3v) is 3.10. The fourth-order valence-electron chi connectivity index (χ4n) is 2.13. The highest BCUT2D eigenvalue weighted by Crippen LogP contribution is 2.21. The zero-order valence-electron chi connectivity index (χ0n) is 11.7. The van der Waals surface area contributed by atoms with Crippen molar-refractivity contribution in [2.75, 3.05) is 32.5 Å². The minimum Gasteiger partial charge on any atom is -0.379 e. The summed E-state index contributed by atoms with van der Waals surface area (Å²) in [6, 6.07) is 8.72. The quantitative estimate of drug-likeness (QED) is 0.821. The summed E-state index contributed by atoms with van der Waals surface area (Å²) in [5, 5.41) is 4.82. The number of benzene rings is 1. The van der Waals surface area contributed by atoms with Crippen LogP contribution in [-0.4, -0.2) is 27.2 Å². The first-order valence-corrected chi connectivity index (χ1v) is 6.52. The number of nitrogens with one attached hydrogen (secondary N) is 3. The van der Waals surface area contributed by atoms with Crippen molar-refractivity contribution in [3.63, 3.8) is 0 Å². The number of hydrogen-bond acceptors (Lipinski definition) is 1. The van der Waals surface area contributed by atoms with Crippen LogP contribution in [0.5, 0.6) is 0 Å². The Labute approximate surface area is 109 Å². The maximum atomic E-state index is 3.55. The summed E-state index contributed by atoms with van der Waals surface area (Å²) in [5.74, 6) is 0. The second kappa shape index (κ2) is 5.36. The first kappa shape index (κ1) is 12.8. The lowest BCUT2D eigenvalue weighted by Crippen LogP contribution is -3.06. The van der Waals surface area contributed by atoms with E-state index in [9.17, 15) is 0 Å². The molecule has 3 N–H and O–H groups in total. The molecule has 3 heteroatoms. The molecule has 0 aliphatic carbocycles. The molecule has 0 saturated carbocycles. The van der Waals surface area contributed by atoms with Gasteiger partial charge in [-0.3, -0.25) is 0 Å². The van der Waals surface area contributed by atoms with Gasteiger partial charge in [-0.05, 0) is 18.6 Å². The molecule has 0 aliphatic rings. The Balaban J connectivity index is 2.32. The Hall–Kier alpha value is -1.61. The highest BCUT2D eigenvalue weighted by Gasteiger charge is 2.09. The molecule has 0 bridgehead atoms. The van der Waals surface area contributed by atoms with Crippen LogP contribution in [-0.2, 0) is 0 Å². The van der Waals surface area contributed by atoms with Crippen molar-refractivity contribution in [1.29, 1.82) is 0 Å². The average Bonchev–Trinajstić information content (AvgIpc) is 2.29. The molecule has 18 heavy (non-hydrogen) atoms. The highest BCUT2D eigenvalue weighted by atomic mass is 15.1. The smallest absolute Gasteiger partial charge is 0.213 e. The number of H-pyrrole nitrogens is 1. The number of rotatable bonds is 4. The summed E-state index contributed by atoms with van der Waals surface area (Å²) in [7, 11) is 4.35. The highest BCUT2D eigenvalue weighted by molar-refractivity contribution is 5.89. The van der Waals surface area contributed by atoms with Crippen molar-refractivity contribution in [2.24, 2.45) is 0 Å². The second-order valence-electron chi connectivity index (χ2n) is 5.30. The molecule has 1 heterocycles. The molecule has 0 amide bonds. The molecule has 2 rings (SSSR count). The normalized spacial score (nSPS) is 11.2. The van der Waals surface area contributed by atoms with E-state index in [1.807, 2.05) is 0 Å². The molecule has 0 saturated heterocycles. The Morgan fingerprint density at radius 3 is 2.67 bits per heavy atom. The summed E-state index contributed by atoms with van der Waals surface area (Å²) in [6.07, 6.45) is 0. The van der Waals surface area contributed by atoms with E-state index in [2.05, 4.69) is 62.5 Å². The molecule has 0 aliphatic heterocycles. The van der Waals surface area contributed by atoms with Crippen LogP contribution in [0.1, 0.15) is 11.3 Å². The number of anilines is 1. The van der Waals surface area contributed by atoms with Crippen molar-refractivity contribution in [3.05, 3.63) is 35.5 Å². The third-order valence-electron chi connectivity index (χ3n) is 3.10. The average molecular weight is 245 g/mol. The van der Waals surface area contributed by atoms with Crippen molar-refractivity contribution in [1.82, 2.24) is 0 Å². The van der Waals surface area contributed by atoms with E-state index in [0.29, 0.717) is 0 Å². The molecule has 3 nitrogen and oxygen atoms in total. The lowest BCUT2D eigenvalue weighted by Gasteiger charge is -2.10. The van der Waals surface area contributed by atoms with E-state index in [-0.39, 0.29) is 0 Å². The van der Waals surface area contributed by atoms with Gasteiger partial charge in [-0.1, -0.05) is 6.07 Å². The number of likely N-dealkylation sites (N-methyl/N-ethyl adjacent to an activating group) is 1. The monoisotopic (exact) mass is 245 g/mol. The molecule has 0 radical (unpaired) electrons. The summed E-state index contributed by atoms with van der Waals surface area (Å²) in [6.45, 7) is 6.34. The zero-order chi connectivity index (χ0) is 13.1.